The van der Waals surface area contributed by atoms with Crippen molar-refractivity contribution in [2.24, 2.45) is 0 Å². The zero-order valence-electron chi connectivity index (χ0n) is 18.0. The summed E-state index contributed by atoms with van der Waals surface area (Å²) in [4.78, 5) is 14.8. The summed E-state index contributed by atoms with van der Waals surface area (Å²) in [7, 11) is 1.83. The Bertz CT molecular complexity index is 1050. The van der Waals surface area contributed by atoms with Crippen LogP contribution in [0.4, 0.5) is 0 Å². The summed E-state index contributed by atoms with van der Waals surface area (Å²) >= 11 is 6.25. The van der Waals surface area contributed by atoms with Crippen LogP contribution in [0.2, 0.25) is 5.02 Å². The lowest BCUT2D eigenvalue weighted by Crippen LogP contribution is -2.27. The van der Waals surface area contributed by atoms with Crippen molar-refractivity contribution in [3.63, 3.8) is 0 Å². The molecule has 0 aliphatic rings. The van der Waals surface area contributed by atoms with Crippen LogP contribution in [0.1, 0.15) is 51.2 Å². The van der Waals surface area contributed by atoms with E-state index in [4.69, 9.17) is 11.6 Å². The molecular weight excluding hydrogens is 386 g/mol. The summed E-state index contributed by atoms with van der Waals surface area (Å²) < 4.78 is 3.85. The number of rotatable bonds is 6. The molecule has 1 aromatic carbocycles. The fourth-order valence-electron chi connectivity index (χ4n) is 3.60. The highest BCUT2D eigenvalue weighted by molar-refractivity contribution is 6.31. The molecule has 0 unspecified atom stereocenters. The van der Waals surface area contributed by atoms with Gasteiger partial charge in [0.2, 0.25) is 0 Å². The van der Waals surface area contributed by atoms with Gasteiger partial charge in [0.1, 0.15) is 0 Å². The SMILES string of the molecule is CCn1nc(C)c(CN(C)C(=O)c2cccc(Cn3nc(C)c(Cl)c3C)c2)c1C. The zero-order valence-corrected chi connectivity index (χ0v) is 18.7. The summed E-state index contributed by atoms with van der Waals surface area (Å²) in [5.41, 5.74) is 6.61. The van der Waals surface area contributed by atoms with Crippen LogP contribution >= 0.6 is 11.6 Å². The van der Waals surface area contributed by atoms with Gasteiger partial charge in [-0.3, -0.25) is 14.2 Å². The predicted molar refractivity (Wildman–Crippen MR) is 115 cm³/mol. The van der Waals surface area contributed by atoms with E-state index in [0.717, 1.165) is 40.4 Å². The molecule has 0 radical (unpaired) electrons. The van der Waals surface area contributed by atoms with Crippen LogP contribution in [-0.2, 0) is 19.6 Å². The highest BCUT2D eigenvalue weighted by Gasteiger charge is 2.18. The monoisotopic (exact) mass is 413 g/mol. The smallest absolute Gasteiger partial charge is 0.253 e. The van der Waals surface area contributed by atoms with Crippen LogP contribution in [-0.4, -0.2) is 37.4 Å². The first-order valence-corrected chi connectivity index (χ1v) is 10.2. The van der Waals surface area contributed by atoms with Crippen molar-refractivity contribution >= 4 is 17.5 Å². The molecule has 1 amide bonds. The van der Waals surface area contributed by atoms with Crippen LogP contribution in [0.15, 0.2) is 24.3 Å². The lowest BCUT2D eigenvalue weighted by Gasteiger charge is -2.18. The summed E-state index contributed by atoms with van der Waals surface area (Å²) in [5.74, 6) is -0.0127. The molecular formula is C22H28ClN5O. The molecule has 2 heterocycles. The maximum absolute atomic E-state index is 13.0. The van der Waals surface area contributed by atoms with Crippen LogP contribution in [0, 0.1) is 27.7 Å². The number of halogens is 1. The molecule has 7 heteroatoms. The molecule has 3 aromatic rings. The predicted octanol–water partition coefficient (Wildman–Crippen LogP) is 4.31. The van der Waals surface area contributed by atoms with Gasteiger partial charge in [0.05, 0.1) is 28.6 Å². The summed E-state index contributed by atoms with van der Waals surface area (Å²) in [6.07, 6.45) is 0. The fourth-order valence-corrected chi connectivity index (χ4v) is 3.74. The van der Waals surface area contributed by atoms with Gasteiger partial charge in [0.15, 0.2) is 0 Å². The highest BCUT2D eigenvalue weighted by Crippen LogP contribution is 2.21. The Balaban J connectivity index is 1.78. The molecule has 6 nitrogen and oxygen atoms in total. The summed E-state index contributed by atoms with van der Waals surface area (Å²) in [6, 6.07) is 7.69. The minimum atomic E-state index is -0.0127. The number of hydrogen-bond donors (Lipinski definition) is 0. The van der Waals surface area contributed by atoms with Crippen molar-refractivity contribution in [1.29, 1.82) is 0 Å². The molecule has 0 fully saturated rings. The van der Waals surface area contributed by atoms with Crippen LogP contribution in [0.5, 0.6) is 0 Å². The fraction of sp³-hybridized carbons (Fsp3) is 0.409. The van der Waals surface area contributed by atoms with Gasteiger partial charge < -0.3 is 4.90 Å². The maximum atomic E-state index is 13.0. The van der Waals surface area contributed by atoms with Gasteiger partial charge in [0.25, 0.3) is 5.91 Å². The van der Waals surface area contributed by atoms with Crippen molar-refractivity contribution < 1.29 is 4.79 Å². The lowest BCUT2D eigenvalue weighted by atomic mass is 10.1. The number of aromatic nitrogens is 4. The lowest BCUT2D eigenvalue weighted by molar-refractivity contribution is 0.0784. The average molecular weight is 414 g/mol. The Morgan fingerprint density at radius 1 is 1.07 bits per heavy atom. The molecule has 2 aromatic heterocycles. The maximum Gasteiger partial charge on any atom is 0.253 e. The molecule has 29 heavy (non-hydrogen) atoms. The van der Waals surface area contributed by atoms with E-state index in [1.54, 1.807) is 4.90 Å². The van der Waals surface area contributed by atoms with E-state index in [2.05, 4.69) is 24.0 Å². The van der Waals surface area contributed by atoms with Crippen LogP contribution in [0.25, 0.3) is 0 Å². The normalized spacial score (nSPS) is 11.1. The van der Waals surface area contributed by atoms with Crippen molar-refractivity contribution in [2.45, 2.75) is 54.3 Å². The number of amides is 1. The second-order valence-corrected chi connectivity index (χ2v) is 7.85. The van der Waals surface area contributed by atoms with Gasteiger partial charge in [-0.2, -0.15) is 10.2 Å². The van der Waals surface area contributed by atoms with Crippen LogP contribution in [0.3, 0.4) is 0 Å². The largest absolute Gasteiger partial charge is 0.337 e. The molecule has 0 aliphatic heterocycles. The Morgan fingerprint density at radius 2 is 1.76 bits per heavy atom. The van der Waals surface area contributed by atoms with Crippen LogP contribution < -0.4 is 0 Å². The van der Waals surface area contributed by atoms with Gasteiger partial charge >= 0.3 is 0 Å². The molecule has 0 N–H and O–H groups in total. The Kier molecular flexibility index (Phi) is 6.13. The Hall–Kier alpha value is -2.60. The molecule has 0 atom stereocenters. The van der Waals surface area contributed by atoms with E-state index in [-0.39, 0.29) is 5.91 Å². The second-order valence-electron chi connectivity index (χ2n) is 7.47. The number of nitrogens with zero attached hydrogens (tertiary/aromatic N) is 5. The van der Waals surface area contributed by atoms with E-state index in [1.807, 2.05) is 61.4 Å². The van der Waals surface area contributed by atoms with Crippen molar-refractivity contribution in [2.75, 3.05) is 7.05 Å². The second kappa shape index (κ2) is 8.41. The number of carbonyl (C=O) groups is 1. The Morgan fingerprint density at radius 3 is 2.34 bits per heavy atom. The van der Waals surface area contributed by atoms with E-state index < -0.39 is 0 Å². The third kappa shape index (κ3) is 4.22. The van der Waals surface area contributed by atoms with Crippen molar-refractivity contribution in [1.82, 2.24) is 24.5 Å². The molecule has 0 spiro atoms. The van der Waals surface area contributed by atoms with E-state index in [9.17, 15) is 4.79 Å². The molecule has 154 valence electrons. The van der Waals surface area contributed by atoms with Gasteiger partial charge in [-0.15, -0.1) is 0 Å². The molecule has 0 bridgehead atoms. The molecule has 0 aliphatic carbocycles. The third-order valence-corrected chi connectivity index (χ3v) is 5.92. The molecule has 0 saturated heterocycles. The highest BCUT2D eigenvalue weighted by atomic mass is 35.5. The number of carbonyl (C=O) groups excluding carboxylic acids is 1. The topological polar surface area (TPSA) is 56.0 Å². The minimum absolute atomic E-state index is 0.0127. The summed E-state index contributed by atoms with van der Waals surface area (Å²) in [5, 5.41) is 9.72. The zero-order chi connectivity index (χ0) is 21.3. The summed E-state index contributed by atoms with van der Waals surface area (Å²) in [6.45, 7) is 11.9. The van der Waals surface area contributed by atoms with Gasteiger partial charge in [-0.1, -0.05) is 23.7 Å². The first-order valence-electron chi connectivity index (χ1n) is 9.79. The van der Waals surface area contributed by atoms with Gasteiger partial charge in [0, 0.05) is 37.0 Å². The first kappa shape index (κ1) is 21.1. The Labute approximate surface area is 177 Å². The molecule has 3 rings (SSSR count). The van der Waals surface area contributed by atoms with Gasteiger partial charge in [-0.05, 0) is 52.3 Å². The van der Waals surface area contributed by atoms with E-state index in [1.165, 1.54) is 0 Å². The number of hydrogen-bond acceptors (Lipinski definition) is 3. The minimum Gasteiger partial charge on any atom is -0.337 e. The van der Waals surface area contributed by atoms with Gasteiger partial charge in [-0.25, -0.2) is 0 Å². The number of benzene rings is 1. The van der Waals surface area contributed by atoms with E-state index in [0.29, 0.717) is 23.7 Å². The number of aryl methyl sites for hydroxylation is 3. The quantitative estimate of drug-likeness (QED) is 0.605. The standard InChI is InChI=1S/C22H28ClN5O/c1-7-27-16(4)20(14(2)24-27)13-26(6)22(29)19-10-8-9-18(11-19)12-28-17(5)21(23)15(3)25-28/h8-11H,7,12-13H2,1-6H3. The third-order valence-electron chi connectivity index (χ3n) is 5.37. The average Bonchev–Trinajstić information content (AvgIpc) is 3.11. The first-order chi connectivity index (χ1) is 13.7. The van der Waals surface area contributed by atoms with E-state index >= 15 is 0 Å². The van der Waals surface area contributed by atoms with Crippen molar-refractivity contribution in [3.8, 4) is 0 Å². The molecule has 0 saturated carbocycles. The van der Waals surface area contributed by atoms with Crippen molar-refractivity contribution in [3.05, 3.63) is 68.8 Å².